The lowest BCUT2D eigenvalue weighted by molar-refractivity contribution is -0.141. The van der Waals surface area contributed by atoms with Crippen molar-refractivity contribution in [2.45, 2.75) is 50.9 Å². The predicted molar refractivity (Wildman–Crippen MR) is 112 cm³/mol. The highest BCUT2D eigenvalue weighted by atomic mass is 32.1. The summed E-state index contributed by atoms with van der Waals surface area (Å²) >= 11 is 7.81. The van der Waals surface area contributed by atoms with E-state index in [0.29, 0.717) is 6.42 Å². The number of carboxylic acids is 1. The predicted octanol–water partition coefficient (Wildman–Crippen LogP) is -2.37. The molecular weight excluding hydrogens is 422 g/mol. The van der Waals surface area contributed by atoms with Crippen molar-refractivity contribution in [3.8, 4) is 0 Å². The number of thiol groups is 2. The molecule has 0 heterocycles. The third-order valence-electron chi connectivity index (χ3n) is 3.71. The van der Waals surface area contributed by atoms with Crippen LogP contribution in [0, 0.1) is 5.92 Å². The van der Waals surface area contributed by atoms with E-state index in [2.05, 4.69) is 41.2 Å². The molecule has 0 aliphatic carbocycles. The van der Waals surface area contributed by atoms with E-state index in [1.54, 1.807) is 0 Å². The van der Waals surface area contributed by atoms with Crippen LogP contribution in [0.4, 0.5) is 0 Å². The number of rotatable bonds is 13. The average molecular weight is 452 g/mol. The van der Waals surface area contributed by atoms with Gasteiger partial charge in [0.15, 0.2) is 0 Å². The number of hydrogen-bond donors (Lipinski definition) is 8. The third-order valence-corrected chi connectivity index (χ3v) is 4.44. The van der Waals surface area contributed by atoms with Gasteiger partial charge in [0.2, 0.25) is 23.6 Å². The Morgan fingerprint density at radius 3 is 1.72 bits per heavy atom. The summed E-state index contributed by atoms with van der Waals surface area (Å²) in [7, 11) is 0. The summed E-state index contributed by atoms with van der Waals surface area (Å²) in [5.41, 5.74) is 10.9. The SMILES string of the molecule is CC(C)CC(N)C(=O)NC(CC(N)=O)C(=O)NC(CS)C(=O)NC(CS)C(=O)O. The van der Waals surface area contributed by atoms with Crippen LogP contribution in [0.25, 0.3) is 0 Å². The zero-order chi connectivity index (χ0) is 22.7. The van der Waals surface area contributed by atoms with Gasteiger partial charge in [-0.2, -0.15) is 25.3 Å². The van der Waals surface area contributed by atoms with Crippen LogP contribution >= 0.6 is 25.3 Å². The highest BCUT2D eigenvalue weighted by Gasteiger charge is 2.30. The van der Waals surface area contributed by atoms with Gasteiger partial charge in [-0.15, -0.1) is 0 Å². The summed E-state index contributed by atoms with van der Waals surface area (Å²) in [6.07, 6.45) is -0.153. The van der Waals surface area contributed by atoms with Gasteiger partial charge in [0.1, 0.15) is 18.1 Å². The Labute approximate surface area is 179 Å². The lowest BCUT2D eigenvalue weighted by atomic mass is 10.0. The Bertz CT molecular complexity index is 619. The second-order valence-electron chi connectivity index (χ2n) is 6.79. The highest BCUT2D eigenvalue weighted by molar-refractivity contribution is 7.80. The first kappa shape index (κ1) is 27.0. The maximum atomic E-state index is 12.5. The molecule has 4 unspecified atom stereocenters. The minimum absolute atomic E-state index is 0.130. The first-order valence-corrected chi connectivity index (χ1v) is 10.1. The molecule has 0 fully saturated rings. The lowest BCUT2D eigenvalue weighted by Gasteiger charge is -2.24. The van der Waals surface area contributed by atoms with Crippen molar-refractivity contribution in [2.24, 2.45) is 17.4 Å². The molecular formula is C16H29N5O6S2. The van der Waals surface area contributed by atoms with E-state index in [1.165, 1.54) is 0 Å². The summed E-state index contributed by atoms with van der Waals surface area (Å²) in [5, 5.41) is 15.9. The number of nitrogens with one attached hydrogen (secondary N) is 3. The van der Waals surface area contributed by atoms with Crippen LogP contribution in [-0.4, -0.2) is 70.4 Å². The summed E-state index contributed by atoms with van der Waals surface area (Å²) in [6.45, 7) is 3.73. The monoisotopic (exact) mass is 451 g/mol. The van der Waals surface area contributed by atoms with Gasteiger partial charge < -0.3 is 32.5 Å². The number of carbonyl (C=O) groups excluding carboxylic acids is 4. The van der Waals surface area contributed by atoms with Gasteiger partial charge in [-0.1, -0.05) is 13.8 Å². The first-order valence-electron chi connectivity index (χ1n) is 8.82. The summed E-state index contributed by atoms with van der Waals surface area (Å²) < 4.78 is 0. The molecule has 166 valence electrons. The fraction of sp³-hybridized carbons (Fsp3) is 0.688. The molecule has 0 radical (unpaired) electrons. The molecule has 0 saturated heterocycles. The van der Waals surface area contributed by atoms with Gasteiger partial charge >= 0.3 is 5.97 Å². The number of aliphatic carboxylic acids is 1. The van der Waals surface area contributed by atoms with Gasteiger partial charge in [-0.3, -0.25) is 19.2 Å². The molecule has 11 nitrogen and oxygen atoms in total. The number of carboxylic acid groups (broad SMARTS) is 1. The van der Waals surface area contributed by atoms with Crippen LogP contribution in [0.3, 0.4) is 0 Å². The lowest BCUT2D eigenvalue weighted by Crippen LogP contribution is -2.58. The Kier molecular flexibility index (Phi) is 12.4. The zero-order valence-corrected chi connectivity index (χ0v) is 18.0. The van der Waals surface area contributed by atoms with E-state index in [4.69, 9.17) is 16.6 Å². The van der Waals surface area contributed by atoms with Gasteiger partial charge in [0.05, 0.1) is 12.5 Å². The largest absolute Gasteiger partial charge is 0.480 e. The van der Waals surface area contributed by atoms with Crippen molar-refractivity contribution < 1.29 is 29.1 Å². The van der Waals surface area contributed by atoms with Crippen LogP contribution in [0.5, 0.6) is 0 Å². The van der Waals surface area contributed by atoms with E-state index in [0.717, 1.165) is 0 Å². The third kappa shape index (κ3) is 10.4. The van der Waals surface area contributed by atoms with Crippen molar-refractivity contribution in [3.05, 3.63) is 0 Å². The van der Waals surface area contributed by atoms with Gasteiger partial charge in [-0.25, -0.2) is 4.79 Å². The Balaban J connectivity index is 5.18. The van der Waals surface area contributed by atoms with E-state index in [1.807, 2.05) is 13.8 Å². The molecule has 0 aliphatic rings. The average Bonchev–Trinajstić information content (AvgIpc) is 2.61. The fourth-order valence-electron chi connectivity index (χ4n) is 2.23. The van der Waals surface area contributed by atoms with Crippen LogP contribution < -0.4 is 27.4 Å². The fourth-order valence-corrected chi connectivity index (χ4v) is 2.73. The maximum absolute atomic E-state index is 12.5. The molecule has 29 heavy (non-hydrogen) atoms. The smallest absolute Gasteiger partial charge is 0.327 e. The number of hydrogen-bond acceptors (Lipinski definition) is 8. The van der Waals surface area contributed by atoms with Crippen LogP contribution in [0.1, 0.15) is 26.7 Å². The standard InChI is InChI=1S/C16H29N5O6S2/c1-7(2)3-8(17)13(23)19-9(4-12(18)22)14(24)20-10(5-28)15(25)21-11(6-29)16(26)27/h7-11,28-29H,3-6,17H2,1-2H3,(H2,18,22)(H,19,23)(H,20,24)(H,21,25)(H,26,27). The van der Waals surface area contributed by atoms with E-state index in [9.17, 15) is 24.0 Å². The van der Waals surface area contributed by atoms with Gasteiger partial charge in [0, 0.05) is 11.5 Å². The van der Waals surface area contributed by atoms with Crippen molar-refractivity contribution in [2.75, 3.05) is 11.5 Å². The van der Waals surface area contributed by atoms with E-state index >= 15 is 0 Å². The van der Waals surface area contributed by atoms with Crippen LogP contribution in [-0.2, 0) is 24.0 Å². The number of amides is 4. The molecule has 13 heteroatoms. The Morgan fingerprint density at radius 2 is 1.31 bits per heavy atom. The molecule has 4 atom stereocenters. The minimum Gasteiger partial charge on any atom is -0.480 e. The van der Waals surface area contributed by atoms with Crippen molar-refractivity contribution in [1.29, 1.82) is 0 Å². The maximum Gasteiger partial charge on any atom is 0.327 e. The molecule has 4 amide bonds. The normalized spacial score (nSPS) is 15.0. The molecule has 0 aromatic heterocycles. The zero-order valence-electron chi connectivity index (χ0n) is 16.3. The molecule has 0 aromatic rings. The Morgan fingerprint density at radius 1 is 0.862 bits per heavy atom. The number of nitrogens with two attached hydrogens (primary N) is 2. The number of primary amides is 1. The van der Waals surface area contributed by atoms with Gasteiger partial charge in [-0.05, 0) is 12.3 Å². The molecule has 0 aromatic carbocycles. The molecule has 0 aliphatic heterocycles. The quantitative estimate of drug-likeness (QED) is 0.143. The highest BCUT2D eigenvalue weighted by Crippen LogP contribution is 2.04. The van der Waals surface area contributed by atoms with Crippen LogP contribution in [0.2, 0.25) is 0 Å². The summed E-state index contributed by atoms with van der Waals surface area (Å²) in [6, 6.07) is -4.73. The summed E-state index contributed by atoms with van der Waals surface area (Å²) in [5.74, 6) is -4.66. The molecule has 8 N–H and O–H groups in total. The molecule has 0 bridgehead atoms. The van der Waals surface area contributed by atoms with E-state index < -0.39 is 60.2 Å². The topological polar surface area (TPSA) is 194 Å². The second-order valence-corrected chi connectivity index (χ2v) is 7.52. The van der Waals surface area contributed by atoms with Crippen molar-refractivity contribution >= 4 is 54.9 Å². The summed E-state index contributed by atoms with van der Waals surface area (Å²) in [4.78, 5) is 59.2. The first-order chi connectivity index (χ1) is 13.4. The van der Waals surface area contributed by atoms with Crippen molar-refractivity contribution in [1.82, 2.24) is 16.0 Å². The molecule has 0 saturated carbocycles. The number of carbonyl (C=O) groups is 5. The van der Waals surface area contributed by atoms with Crippen molar-refractivity contribution in [3.63, 3.8) is 0 Å². The molecule has 0 spiro atoms. The Hall–Kier alpha value is -1.99. The second kappa shape index (κ2) is 13.3. The van der Waals surface area contributed by atoms with Crippen LogP contribution in [0.15, 0.2) is 0 Å². The van der Waals surface area contributed by atoms with E-state index in [-0.39, 0.29) is 17.4 Å². The molecule has 0 rings (SSSR count). The van der Waals surface area contributed by atoms with Gasteiger partial charge in [0.25, 0.3) is 0 Å². The minimum atomic E-state index is -1.35.